The van der Waals surface area contributed by atoms with Crippen LogP contribution < -0.4 is 4.90 Å². The van der Waals surface area contributed by atoms with Gasteiger partial charge in [0.2, 0.25) is 5.89 Å². The van der Waals surface area contributed by atoms with E-state index >= 15 is 0 Å². The van der Waals surface area contributed by atoms with Crippen LogP contribution in [0.25, 0.3) is 77.6 Å². The van der Waals surface area contributed by atoms with E-state index in [1.54, 1.807) is 0 Å². The second kappa shape index (κ2) is 10.5. The van der Waals surface area contributed by atoms with Crippen molar-refractivity contribution < 1.29 is 13.3 Å². The van der Waals surface area contributed by atoms with Crippen molar-refractivity contribution in [2.45, 2.75) is 0 Å². The third kappa shape index (κ3) is 4.22. The molecule has 0 amide bonds. The summed E-state index contributed by atoms with van der Waals surface area (Å²) < 4.78 is 18.9. The number of nitrogens with zero attached hydrogens (tertiary/aromatic N) is 2. The van der Waals surface area contributed by atoms with E-state index in [9.17, 15) is 0 Å². The number of anilines is 3. The van der Waals surface area contributed by atoms with Crippen LogP contribution in [0.2, 0.25) is 0 Å². The first kappa shape index (κ1) is 26.6. The zero-order chi connectivity index (χ0) is 31.6. The van der Waals surface area contributed by atoms with Gasteiger partial charge in [-0.3, -0.25) is 0 Å². The maximum atomic E-state index is 6.34. The summed E-state index contributed by atoms with van der Waals surface area (Å²) in [5.74, 6) is 0.596. The molecule has 0 fully saturated rings. The Morgan fingerprint density at radius 2 is 1.08 bits per heavy atom. The van der Waals surface area contributed by atoms with Gasteiger partial charge in [-0.2, -0.15) is 0 Å². The number of oxazole rings is 1. The third-order valence-electron chi connectivity index (χ3n) is 9.10. The largest absolute Gasteiger partial charge is 0.456 e. The van der Waals surface area contributed by atoms with Crippen LogP contribution in [-0.2, 0) is 0 Å². The van der Waals surface area contributed by atoms with Gasteiger partial charge in [0.25, 0.3) is 0 Å². The Morgan fingerprint density at radius 3 is 1.94 bits per heavy atom. The molecule has 0 aliphatic carbocycles. The number of furan rings is 2. The molecule has 0 radical (unpaired) electrons. The predicted octanol–water partition coefficient (Wildman–Crippen LogP) is 12.4. The van der Waals surface area contributed by atoms with Crippen LogP contribution in [0.3, 0.4) is 0 Å². The molecule has 10 aromatic rings. The van der Waals surface area contributed by atoms with Gasteiger partial charge in [-0.1, -0.05) is 84.9 Å². The monoisotopic (exact) mass is 618 g/mol. The van der Waals surface area contributed by atoms with Crippen LogP contribution in [0.4, 0.5) is 17.1 Å². The molecule has 5 nitrogen and oxygen atoms in total. The minimum Gasteiger partial charge on any atom is -0.456 e. The van der Waals surface area contributed by atoms with E-state index in [-0.39, 0.29) is 0 Å². The summed E-state index contributed by atoms with van der Waals surface area (Å²) in [5.41, 5.74) is 11.1. The Bertz CT molecular complexity index is 2770. The van der Waals surface area contributed by atoms with Crippen molar-refractivity contribution in [1.82, 2.24) is 4.98 Å². The van der Waals surface area contributed by atoms with E-state index in [4.69, 9.17) is 18.2 Å². The lowest BCUT2D eigenvalue weighted by Crippen LogP contribution is -2.09. The van der Waals surface area contributed by atoms with Crippen LogP contribution in [0, 0.1) is 0 Å². The Morgan fingerprint density at radius 1 is 0.396 bits per heavy atom. The minimum atomic E-state index is 0.596. The molecule has 10 rings (SSSR count). The predicted molar refractivity (Wildman–Crippen MR) is 194 cm³/mol. The van der Waals surface area contributed by atoms with Crippen LogP contribution in [-0.4, -0.2) is 4.98 Å². The summed E-state index contributed by atoms with van der Waals surface area (Å²) in [7, 11) is 0. The van der Waals surface area contributed by atoms with E-state index in [1.165, 1.54) is 0 Å². The van der Waals surface area contributed by atoms with Gasteiger partial charge in [0.15, 0.2) is 5.58 Å². The lowest BCUT2D eigenvalue weighted by Gasteiger charge is -2.25. The number of benzene rings is 7. The Hall–Kier alpha value is -6.59. The van der Waals surface area contributed by atoms with Crippen molar-refractivity contribution in [1.29, 1.82) is 0 Å². The zero-order valence-corrected chi connectivity index (χ0v) is 25.6. The molecule has 7 aromatic carbocycles. The van der Waals surface area contributed by atoms with E-state index in [1.807, 2.05) is 66.7 Å². The van der Waals surface area contributed by atoms with E-state index in [0.717, 1.165) is 88.7 Å². The van der Waals surface area contributed by atoms with Gasteiger partial charge < -0.3 is 18.2 Å². The molecule has 5 heteroatoms. The summed E-state index contributed by atoms with van der Waals surface area (Å²) in [5, 5.41) is 4.25. The fraction of sp³-hybridized carbons (Fsp3) is 0. The van der Waals surface area contributed by atoms with Gasteiger partial charge in [-0.05, 0) is 72.3 Å². The van der Waals surface area contributed by atoms with Crippen molar-refractivity contribution in [3.63, 3.8) is 0 Å². The van der Waals surface area contributed by atoms with Gasteiger partial charge in [0.05, 0.1) is 0 Å². The number of hydrogen-bond donors (Lipinski definition) is 0. The molecule has 0 aliphatic heterocycles. The van der Waals surface area contributed by atoms with Gasteiger partial charge in [0.1, 0.15) is 27.8 Å². The Kier molecular flexibility index (Phi) is 5.81. The summed E-state index contributed by atoms with van der Waals surface area (Å²) in [6.45, 7) is 0. The van der Waals surface area contributed by atoms with Crippen molar-refractivity contribution in [2.75, 3.05) is 4.90 Å². The number of hydrogen-bond acceptors (Lipinski definition) is 5. The second-order valence-electron chi connectivity index (χ2n) is 12.0. The normalized spacial score (nSPS) is 11.8. The number of rotatable bonds is 5. The first-order valence-corrected chi connectivity index (χ1v) is 15.9. The molecule has 48 heavy (non-hydrogen) atoms. The average molecular weight is 619 g/mol. The molecule has 0 N–H and O–H groups in total. The maximum Gasteiger partial charge on any atom is 0.227 e. The minimum absolute atomic E-state index is 0.596. The molecule has 0 saturated heterocycles. The van der Waals surface area contributed by atoms with Crippen LogP contribution in [0.5, 0.6) is 0 Å². The van der Waals surface area contributed by atoms with Gasteiger partial charge in [-0.15, -0.1) is 0 Å². The standard InChI is InChI=1S/C43H26N2O3/c1-3-10-28(11-4-1)43-44-37-26-40-36(25-41(37)48-43)35-24-31(22-23-39(35)46-40)45(29-12-5-2-6-13-29)30-20-18-27(19-21-30)32-15-9-16-34-33-14-7-8-17-38(33)47-42(32)34/h1-26H. The van der Waals surface area contributed by atoms with E-state index < -0.39 is 0 Å². The summed E-state index contributed by atoms with van der Waals surface area (Å²) in [6, 6.07) is 54.0. The molecule has 3 heterocycles. The molecular weight excluding hydrogens is 592 g/mol. The lowest BCUT2D eigenvalue weighted by molar-refractivity contribution is 0.620. The zero-order valence-electron chi connectivity index (χ0n) is 25.6. The molecule has 0 saturated carbocycles. The number of para-hydroxylation sites is 3. The third-order valence-corrected chi connectivity index (χ3v) is 9.10. The molecule has 0 bridgehead atoms. The Labute approximate surface area is 274 Å². The molecule has 0 spiro atoms. The summed E-state index contributed by atoms with van der Waals surface area (Å²) in [4.78, 5) is 7.01. The molecule has 3 aromatic heterocycles. The first-order chi connectivity index (χ1) is 23.8. The van der Waals surface area contributed by atoms with Crippen molar-refractivity contribution in [2.24, 2.45) is 0 Å². The topological polar surface area (TPSA) is 55.6 Å². The molecule has 0 atom stereocenters. The molecule has 0 unspecified atom stereocenters. The smallest absolute Gasteiger partial charge is 0.227 e. The molecule has 226 valence electrons. The highest BCUT2D eigenvalue weighted by Crippen LogP contribution is 2.41. The quantitative estimate of drug-likeness (QED) is 0.192. The highest BCUT2D eigenvalue weighted by Gasteiger charge is 2.18. The fourth-order valence-electron chi connectivity index (χ4n) is 6.82. The van der Waals surface area contributed by atoms with Gasteiger partial charge in [-0.25, -0.2) is 4.98 Å². The van der Waals surface area contributed by atoms with Crippen molar-refractivity contribution >= 4 is 72.0 Å². The van der Waals surface area contributed by atoms with Crippen LogP contribution >= 0.6 is 0 Å². The average Bonchev–Trinajstić information content (AvgIpc) is 3.85. The SMILES string of the molecule is c1ccc(-c2nc3cc4oc5ccc(N(c6ccccc6)c6ccc(-c7cccc8c7oc7ccccc78)cc6)cc5c4cc3o2)cc1. The lowest BCUT2D eigenvalue weighted by atomic mass is 10.0. The van der Waals surface area contributed by atoms with Crippen molar-refractivity contribution in [3.8, 4) is 22.6 Å². The number of aromatic nitrogens is 1. The van der Waals surface area contributed by atoms with Crippen LogP contribution in [0.15, 0.2) is 171 Å². The highest BCUT2D eigenvalue weighted by atomic mass is 16.4. The van der Waals surface area contributed by atoms with E-state index in [2.05, 4.69) is 95.9 Å². The van der Waals surface area contributed by atoms with Gasteiger partial charge in [0, 0.05) is 55.8 Å². The maximum absolute atomic E-state index is 6.34. The fourth-order valence-corrected chi connectivity index (χ4v) is 6.82. The molecule has 0 aliphatic rings. The Balaban J connectivity index is 1.08. The van der Waals surface area contributed by atoms with Crippen LogP contribution in [0.1, 0.15) is 0 Å². The molecular formula is C43H26N2O3. The van der Waals surface area contributed by atoms with Gasteiger partial charge >= 0.3 is 0 Å². The number of fused-ring (bicyclic) bond motifs is 7. The summed E-state index contributed by atoms with van der Waals surface area (Å²) >= 11 is 0. The second-order valence-corrected chi connectivity index (χ2v) is 12.0. The van der Waals surface area contributed by atoms with Crippen molar-refractivity contribution in [3.05, 3.63) is 158 Å². The summed E-state index contributed by atoms with van der Waals surface area (Å²) in [6.07, 6.45) is 0. The first-order valence-electron chi connectivity index (χ1n) is 15.9. The highest BCUT2D eigenvalue weighted by molar-refractivity contribution is 6.11. The van der Waals surface area contributed by atoms with E-state index in [0.29, 0.717) is 5.89 Å².